The fourth-order valence-corrected chi connectivity index (χ4v) is 4.06. The van der Waals surface area contributed by atoms with Gasteiger partial charge in [-0.3, -0.25) is 9.59 Å². The summed E-state index contributed by atoms with van der Waals surface area (Å²) in [7, 11) is -4.92. The lowest BCUT2D eigenvalue weighted by Gasteiger charge is -2.19. The van der Waals surface area contributed by atoms with Crippen molar-refractivity contribution in [1.82, 2.24) is 0 Å². The Labute approximate surface area is 161 Å². The van der Waals surface area contributed by atoms with Gasteiger partial charge in [-0.25, -0.2) is 8.42 Å². The number of amides is 2. The average Bonchev–Trinajstić information content (AvgIpc) is 3.07. The van der Waals surface area contributed by atoms with Crippen molar-refractivity contribution in [3.63, 3.8) is 0 Å². The number of benzene rings is 2. The van der Waals surface area contributed by atoms with E-state index >= 15 is 0 Å². The van der Waals surface area contributed by atoms with Gasteiger partial charge < -0.3 is 10.2 Å². The van der Waals surface area contributed by atoms with E-state index in [1.807, 2.05) is 0 Å². The molecule has 1 aliphatic rings. The summed E-state index contributed by atoms with van der Waals surface area (Å²) in [5, 5.41) is 2.53. The SMILES string of the molecule is Cc1cc(NC(=O)c2ccccc2S(=O)(=O)C(F)F)ccc1N1CCCC1=O. The van der Waals surface area contributed by atoms with E-state index in [1.54, 1.807) is 30.0 Å². The van der Waals surface area contributed by atoms with Gasteiger partial charge in [-0.2, -0.15) is 8.78 Å². The highest BCUT2D eigenvalue weighted by molar-refractivity contribution is 7.91. The largest absolute Gasteiger partial charge is 0.341 e. The highest BCUT2D eigenvalue weighted by Gasteiger charge is 2.31. The van der Waals surface area contributed by atoms with Gasteiger partial charge in [0.1, 0.15) is 0 Å². The van der Waals surface area contributed by atoms with Crippen molar-refractivity contribution in [3.8, 4) is 0 Å². The van der Waals surface area contributed by atoms with Crippen LogP contribution >= 0.6 is 0 Å². The number of carbonyl (C=O) groups excluding carboxylic acids is 2. The van der Waals surface area contributed by atoms with E-state index in [1.165, 1.54) is 18.2 Å². The molecule has 1 aliphatic heterocycles. The number of anilines is 2. The van der Waals surface area contributed by atoms with Crippen molar-refractivity contribution in [2.45, 2.75) is 30.4 Å². The molecule has 1 N–H and O–H groups in total. The molecule has 0 aliphatic carbocycles. The van der Waals surface area contributed by atoms with E-state index in [2.05, 4.69) is 5.32 Å². The van der Waals surface area contributed by atoms with Crippen molar-refractivity contribution in [3.05, 3.63) is 53.6 Å². The lowest BCUT2D eigenvalue weighted by Crippen LogP contribution is -2.24. The molecule has 2 aromatic carbocycles. The Kier molecular flexibility index (Phi) is 5.46. The molecule has 0 unspecified atom stereocenters. The average molecular weight is 408 g/mol. The summed E-state index contributed by atoms with van der Waals surface area (Å²) in [5.41, 5.74) is 1.49. The van der Waals surface area contributed by atoms with Gasteiger partial charge in [0.05, 0.1) is 10.5 Å². The zero-order valence-electron chi connectivity index (χ0n) is 15.0. The maximum atomic E-state index is 12.9. The van der Waals surface area contributed by atoms with E-state index < -0.39 is 26.4 Å². The minimum Gasteiger partial charge on any atom is -0.322 e. The smallest absolute Gasteiger partial charge is 0.322 e. The van der Waals surface area contributed by atoms with Gasteiger partial charge in [0, 0.05) is 24.3 Å². The number of hydrogen-bond donors (Lipinski definition) is 1. The molecule has 0 radical (unpaired) electrons. The van der Waals surface area contributed by atoms with E-state index in [9.17, 15) is 26.8 Å². The van der Waals surface area contributed by atoms with Gasteiger partial charge in [0.15, 0.2) is 0 Å². The number of aryl methyl sites for hydroxylation is 1. The molecule has 1 fully saturated rings. The molecule has 2 amide bonds. The summed E-state index contributed by atoms with van der Waals surface area (Å²) in [6.07, 6.45) is 1.28. The molecule has 1 heterocycles. The molecule has 1 saturated heterocycles. The Morgan fingerprint density at radius 1 is 1.18 bits per heavy atom. The zero-order valence-corrected chi connectivity index (χ0v) is 15.8. The minimum absolute atomic E-state index is 0.0334. The Balaban J connectivity index is 1.87. The number of halogens is 2. The molecular formula is C19H18F2N2O4S. The maximum absolute atomic E-state index is 12.9. The third kappa shape index (κ3) is 3.75. The van der Waals surface area contributed by atoms with E-state index in [-0.39, 0.29) is 11.5 Å². The van der Waals surface area contributed by atoms with Gasteiger partial charge >= 0.3 is 5.76 Å². The molecule has 2 aromatic rings. The summed E-state index contributed by atoms with van der Waals surface area (Å²) in [6.45, 7) is 2.41. The first-order chi connectivity index (χ1) is 13.2. The second-order valence-corrected chi connectivity index (χ2v) is 8.29. The maximum Gasteiger partial charge on any atom is 0.341 e. The van der Waals surface area contributed by atoms with E-state index in [0.717, 1.165) is 23.7 Å². The second kappa shape index (κ2) is 7.67. The molecule has 0 spiro atoms. The van der Waals surface area contributed by atoms with Crippen molar-refractivity contribution in [2.24, 2.45) is 0 Å². The standard InChI is InChI=1S/C19H18F2N2O4S/c1-12-11-13(8-9-15(12)23-10-4-7-17(23)24)22-18(25)14-5-2-3-6-16(14)28(26,27)19(20)21/h2-3,5-6,8-9,11,19H,4,7,10H2,1H3,(H,22,25). The lowest BCUT2D eigenvalue weighted by molar-refractivity contribution is -0.117. The van der Waals surface area contributed by atoms with Crippen molar-refractivity contribution in [1.29, 1.82) is 0 Å². The van der Waals surface area contributed by atoms with Crippen LogP contribution < -0.4 is 10.2 Å². The van der Waals surface area contributed by atoms with Crippen molar-refractivity contribution < 1.29 is 26.8 Å². The molecule has 0 bridgehead atoms. The molecule has 0 atom stereocenters. The predicted molar refractivity (Wildman–Crippen MR) is 100 cm³/mol. The molecule has 28 heavy (non-hydrogen) atoms. The van der Waals surface area contributed by atoms with Crippen LogP contribution in [-0.2, 0) is 14.6 Å². The Bertz CT molecular complexity index is 1040. The quantitative estimate of drug-likeness (QED) is 0.822. The number of hydrogen-bond acceptors (Lipinski definition) is 4. The van der Waals surface area contributed by atoms with Crippen LogP contribution in [0, 0.1) is 6.92 Å². The highest BCUT2D eigenvalue weighted by Crippen LogP contribution is 2.28. The Morgan fingerprint density at radius 2 is 1.89 bits per heavy atom. The number of nitrogens with one attached hydrogen (secondary N) is 1. The first-order valence-electron chi connectivity index (χ1n) is 8.55. The molecule has 0 aromatic heterocycles. The zero-order chi connectivity index (χ0) is 20.5. The van der Waals surface area contributed by atoms with Gasteiger partial charge in [-0.05, 0) is 49.2 Å². The van der Waals surface area contributed by atoms with Crippen molar-refractivity contribution >= 4 is 33.0 Å². The number of rotatable bonds is 5. The van der Waals surface area contributed by atoms with Crippen LogP contribution in [0.5, 0.6) is 0 Å². The molecule has 3 rings (SSSR count). The van der Waals surface area contributed by atoms with E-state index in [4.69, 9.17) is 0 Å². The topological polar surface area (TPSA) is 83.6 Å². The third-order valence-electron chi connectivity index (χ3n) is 4.49. The summed E-state index contributed by atoms with van der Waals surface area (Å²) in [5.74, 6) is -4.41. The monoisotopic (exact) mass is 408 g/mol. The fourth-order valence-electron chi connectivity index (χ4n) is 3.14. The van der Waals surface area contributed by atoms with Crippen LogP contribution in [0.1, 0.15) is 28.8 Å². The number of nitrogens with zero attached hydrogens (tertiary/aromatic N) is 1. The van der Waals surface area contributed by atoms with Crippen LogP contribution in [0.3, 0.4) is 0 Å². The number of carbonyl (C=O) groups is 2. The molecule has 6 nitrogen and oxygen atoms in total. The summed E-state index contributed by atoms with van der Waals surface area (Å²) in [4.78, 5) is 25.4. The second-order valence-electron chi connectivity index (χ2n) is 6.41. The molecule has 9 heteroatoms. The van der Waals surface area contributed by atoms with E-state index in [0.29, 0.717) is 18.7 Å². The van der Waals surface area contributed by atoms with Crippen LogP contribution in [-0.4, -0.2) is 32.5 Å². The molecule has 0 saturated carbocycles. The fraction of sp³-hybridized carbons (Fsp3) is 0.263. The molecule has 148 valence electrons. The predicted octanol–water partition coefficient (Wildman–Crippen LogP) is 3.37. The summed E-state index contributed by atoms with van der Waals surface area (Å²) >= 11 is 0. The van der Waals surface area contributed by atoms with Crippen LogP contribution in [0.15, 0.2) is 47.4 Å². The van der Waals surface area contributed by atoms with Gasteiger partial charge in [0.25, 0.3) is 5.91 Å². The van der Waals surface area contributed by atoms with Crippen LogP contribution in [0.2, 0.25) is 0 Å². The van der Waals surface area contributed by atoms with Gasteiger partial charge in [-0.15, -0.1) is 0 Å². The highest BCUT2D eigenvalue weighted by atomic mass is 32.2. The van der Waals surface area contributed by atoms with Gasteiger partial charge in [-0.1, -0.05) is 12.1 Å². The normalized spacial score (nSPS) is 14.6. The number of alkyl halides is 2. The Morgan fingerprint density at radius 3 is 2.50 bits per heavy atom. The number of sulfone groups is 1. The third-order valence-corrected chi connectivity index (χ3v) is 5.93. The minimum atomic E-state index is -4.92. The van der Waals surface area contributed by atoms with Crippen LogP contribution in [0.4, 0.5) is 20.2 Å². The lowest BCUT2D eigenvalue weighted by atomic mass is 10.1. The summed E-state index contributed by atoms with van der Waals surface area (Å²) < 4.78 is 49.4. The van der Waals surface area contributed by atoms with Gasteiger partial charge in [0.2, 0.25) is 15.7 Å². The van der Waals surface area contributed by atoms with Crippen LogP contribution in [0.25, 0.3) is 0 Å². The first-order valence-corrected chi connectivity index (χ1v) is 10.1. The van der Waals surface area contributed by atoms with Crippen molar-refractivity contribution in [2.75, 3.05) is 16.8 Å². The Hall–Kier alpha value is -2.81. The summed E-state index contributed by atoms with van der Waals surface area (Å²) in [6, 6.07) is 9.73. The molecular weight excluding hydrogens is 390 g/mol. The first kappa shape index (κ1) is 19.9.